The van der Waals surface area contributed by atoms with Gasteiger partial charge in [0.2, 0.25) is 5.91 Å². The predicted octanol–water partition coefficient (Wildman–Crippen LogP) is 2.72. The lowest BCUT2D eigenvalue weighted by Crippen LogP contribution is -2.49. The summed E-state index contributed by atoms with van der Waals surface area (Å²) in [6.07, 6.45) is 2.13. The molecule has 1 aromatic carbocycles. The van der Waals surface area contributed by atoms with Crippen LogP contribution in [0.15, 0.2) is 22.7 Å². The van der Waals surface area contributed by atoms with E-state index in [0.717, 1.165) is 12.8 Å². The van der Waals surface area contributed by atoms with Gasteiger partial charge in [-0.2, -0.15) is 0 Å². The second-order valence-electron chi connectivity index (χ2n) is 5.17. The molecule has 0 spiro atoms. The van der Waals surface area contributed by atoms with Gasteiger partial charge in [0.1, 0.15) is 5.82 Å². The van der Waals surface area contributed by atoms with Gasteiger partial charge in [0, 0.05) is 35.6 Å². The maximum absolute atomic E-state index is 13.4. The highest BCUT2D eigenvalue weighted by atomic mass is 79.9. The summed E-state index contributed by atoms with van der Waals surface area (Å²) in [4.78, 5) is 25.5. The molecule has 2 rings (SSSR count). The zero-order valence-electron chi connectivity index (χ0n) is 11.9. The highest BCUT2D eigenvalue weighted by Gasteiger charge is 2.25. The third-order valence-electron chi connectivity index (χ3n) is 3.50. The summed E-state index contributed by atoms with van der Waals surface area (Å²) in [5.41, 5.74) is 0.323. The predicted molar refractivity (Wildman–Crippen MR) is 81.5 cm³/mol. The molecule has 114 valence electrons. The van der Waals surface area contributed by atoms with Crippen LogP contribution in [0.25, 0.3) is 0 Å². The molecule has 0 radical (unpaired) electrons. The van der Waals surface area contributed by atoms with E-state index in [1.165, 1.54) is 12.1 Å². The number of carbonyl (C=O) groups excluding carboxylic acids is 2. The van der Waals surface area contributed by atoms with E-state index in [1.54, 1.807) is 17.9 Å². The van der Waals surface area contributed by atoms with Crippen molar-refractivity contribution in [3.63, 3.8) is 0 Å². The minimum atomic E-state index is -0.444. The summed E-state index contributed by atoms with van der Waals surface area (Å²) in [6.45, 7) is 2.90. The van der Waals surface area contributed by atoms with Crippen LogP contribution in [0.1, 0.15) is 36.5 Å². The molecule has 1 fully saturated rings. The van der Waals surface area contributed by atoms with E-state index in [0.29, 0.717) is 29.5 Å². The van der Waals surface area contributed by atoms with E-state index in [9.17, 15) is 14.0 Å². The number of rotatable bonds is 3. The molecule has 1 aromatic rings. The summed E-state index contributed by atoms with van der Waals surface area (Å²) in [5.74, 6) is -0.658. The molecular weight excluding hydrogens is 339 g/mol. The fourth-order valence-corrected chi connectivity index (χ4v) is 2.93. The number of nitrogens with zero attached hydrogens (tertiary/aromatic N) is 1. The molecular formula is C15H18BrFN2O2. The lowest BCUT2D eigenvalue weighted by Gasteiger charge is -2.33. The summed E-state index contributed by atoms with van der Waals surface area (Å²) in [7, 11) is 0. The normalized spacial score (nSPS) is 18.4. The Morgan fingerprint density at radius 1 is 1.43 bits per heavy atom. The van der Waals surface area contributed by atoms with Crippen molar-refractivity contribution in [1.29, 1.82) is 0 Å². The van der Waals surface area contributed by atoms with Crippen molar-refractivity contribution in [3.8, 4) is 0 Å². The van der Waals surface area contributed by atoms with Crippen molar-refractivity contribution in [2.24, 2.45) is 0 Å². The van der Waals surface area contributed by atoms with E-state index < -0.39 is 5.82 Å². The van der Waals surface area contributed by atoms with Crippen molar-refractivity contribution in [2.75, 3.05) is 13.1 Å². The summed E-state index contributed by atoms with van der Waals surface area (Å²) in [5, 5.41) is 2.91. The van der Waals surface area contributed by atoms with E-state index >= 15 is 0 Å². The second-order valence-corrected chi connectivity index (χ2v) is 6.09. The maximum atomic E-state index is 13.4. The van der Waals surface area contributed by atoms with Gasteiger partial charge in [-0.05, 0) is 31.0 Å². The molecule has 1 heterocycles. The van der Waals surface area contributed by atoms with Crippen molar-refractivity contribution < 1.29 is 14.0 Å². The third-order valence-corrected chi connectivity index (χ3v) is 3.96. The molecule has 1 saturated heterocycles. The van der Waals surface area contributed by atoms with Gasteiger partial charge in [-0.3, -0.25) is 9.59 Å². The topological polar surface area (TPSA) is 49.4 Å². The minimum Gasteiger partial charge on any atom is -0.352 e. The molecule has 1 atom stereocenters. The van der Waals surface area contributed by atoms with E-state index in [2.05, 4.69) is 21.2 Å². The van der Waals surface area contributed by atoms with Gasteiger partial charge in [0.15, 0.2) is 0 Å². The van der Waals surface area contributed by atoms with Crippen LogP contribution >= 0.6 is 15.9 Å². The van der Waals surface area contributed by atoms with Crippen molar-refractivity contribution in [1.82, 2.24) is 10.2 Å². The van der Waals surface area contributed by atoms with Crippen molar-refractivity contribution in [2.45, 2.75) is 32.2 Å². The van der Waals surface area contributed by atoms with Gasteiger partial charge < -0.3 is 10.2 Å². The largest absolute Gasteiger partial charge is 0.352 e. The summed E-state index contributed by atoms with van der Waals surface area (Å²) >= 11 is 3.19. The molecule has 1 aliphatic heterocycles. The van der Waals surface area contributed by atoms with Gasteiger partial charge in [-0.1, -0.05) is 22.9 Å². The van der Waals surface area contributed by atoms with Crippen LogP contribution < -0.4 is 5.32 Å². The average molecular weight is 357 g/mol. The first kappa shape index (κ1) is 15.9. The molecule has 2 amide bonds. The number of hydrogen-bond donors (Lipinski definition) is 1. The first-order valence-corrected chi connectivity index (χ1v) is 7.83. The zero-order valence-corrected chi connectivity index (χ0v) is 13.5. The number of amides is 2. The van der Waals surface area contributed by atoms with Crippen LogP contribution in [0.2, 0.25) is 0 Å². The molecule has 0 saturated carbocycles. The number of benzene rings is 1. The van der Waals surface area contributed by atoms with Gasteiger partial charge in [-0.15, -0.1) is 0 Å². The summed E-state index contributed by atoms with van der Waals surface area (Å²) in [6, 6.07) is 4.14. The first-order valence-electron chi connectivity index (χ1n) is 7.04. The van der Waals surface area contributed by atoms with Gasteiger partial charge in [0.05, 0.1) is 0 Å². The van der Waals surface area contributed by atoms with Crippen molar-refractivity contribution >= 4 is 27.7 Å². The van der Waals surface area contributed by atoms with Gasteiger partial charge in [-0.25, -0.2) is 4.39 Å². The summed E-state index contributed by atoms with van der Waals surface area (Å²) < 4.78 is 13.9. The van der Waals surface area contributed by atoms with Crippen molar-refractivity contribution in [3.05, 3.63) is 34.1 Å². The average Bonchev–Trinajstić information content (AvgIpc) is 2.45. The molecule has 6 heteroatoms. The molecule has 0 bridgehead atoms. The van der Waals surface area contributed by atoms with Crippen LogP contribution in [0, 0.1) is 5.82 Å². The Bertz CT molecular complexity index is 530. The Balaban J connectivity index is 2.06. The lowest BCUT2D eigenvalue weighted by atomic mass is 10.0. The van der Waals surface area contributed by atoms with Gasteiger partial charge in [0.25, 0.3) is 5.91 Å². The smallest absolute Gasteiger partial charge is 0.254 e. The first-order chi connectivity index (χ1) is 9.99. The molecule has 0 aromatic heterocycles. The Morgan fingerprint density at radius 3 is 2.86 bits per heavy atom. The van der Waals surface area contributed by atoms with Crippen LogP contribution in [0.5, 0.6) is 0 Å². The number of carbonyl (C=O) groups is 2. The lowest BCUT2D eigenvalue weighted by molar-refractivity contribution is -0.121. The number of piperidine rings is 1. The number of nitrogens with one attached hydrogen (secondary N) is 1. The van der Waals surface area contributed by atoms with Crippen LogP contribution in [-0.4, -0.2) is 35.8 Å². The van der Waals surface area contributed by atoms with Crippen LogP contribution in [0.4, 0.5) is 4.39 Å². The zero-order chi connectivity index (χ0) is 15.4. The molecule has 1 unspecified atom stereocenters. The molecule has 4 nitrogen and oxygen atoms in total. The maximum Gasteiger partial charge on any atom is 0.254 e. The Hall–Kier alpha value is -1.43. The number of likely N-dealkylation sites (tertiary alicyclic amines) is 1. The number of halogens is 2. The molecule has 0 aliphatic carbocycles. The third kappa shape index (κ3) is 4.27. The Morgan fingerprint density at radius 2 is 2.19 bits per heavy atom. The van der Waals surface area contributed by atoms with E-state index in [4.69, 9.17) is 0 Å². The fourth-order valence-electron chi connectivity index (χ4n) is 2.47. The molecule has 1 N–H and O–H groups in total. The highest BCUT2D eigenvalue weighted by Crippen LogP contribution is 2.19. The SMILES string of the molecule is CCC(=O)NC1CCCN(C(=O)c2cc(F)cc(Br)c2)C1. The van der Waals surface area contributed by atoms with E-state index in [-0.39, 0.29) is 17.9 Å². The van der Waals surface area contributed by atoms with Gasteiger partial charge >= 0.3 is 0 Å². The Kier molecular flexibility index (Phi) is 5.33. The standard InChI is InChI=1S/C15H18BrFN2O2/c1-2-14(20)18-13-4-3-5-19(9-13)15(21)10-6-11(16)8-12(17)7-10/h6-8,13H,2-5,9H2,1H3,(H,18,20). The van der Waals surface area contributed by atoms with E-state index in [1.807, 2.05) is 0 Å². The molecule has 1 aliphatic rings. The van der Waals surface area contributed by atoms with Crippen LogP contribution in [-0.2, 0) is 4.79 Å². The molecule has 21 heavy (non-hydrogen) atoms. The van der Waals surface area contributed by atoms with Crippen LogP contribution in [0.3, 0.4) is 0 Å². The quantitative estimate of drug-likeness (QED) is 0.904. The Labute approximate surface area is 131 Å². The number of hydrogen-bond acceptors (Lipinski definition) is 2. The second kappa shape index (κ2) is 7.02. The minimum absolute atomic E-state index is 0.0113. The monoisotopic (exact) mass is 356 g/mol. The fraction of sp³-hybridized carbons (Fsp3) is 0.467. The highest BCUT2D eigenvalue weighted by molar-refractivity contribution is 9.10.